The van der Waals surface area contributed by atoms with Crippen LogP contribution in [0.15, 0.2) is 54.6 Å². The Morgan fingerprint density at radius 2 is 0.817 bits per heavy atom. The molecule has 0 aromatic heterocycles. The fourth-order valence-electron chi connectivity index (χ4n) is 19.8. The van der Waals surface area contributed by atoms with Gasteiger partial charge in [-0.1, -0.05) is 36.4 Å². The van der Waals surface area contributed by atoms with Gasteiger partial charge in [0.15, 0.2) is 72.4 Å². The first-order valence-corrected chi connectivity index (χ1v) is 60.1. The fourth-order valence-corrected chi connectivity index (χ4v) is 19.8. The number of aromatic hydroxyl groups is 6. The van der Waals surface area contributed by atoms with Gasteiger partial charge in [-0.2, -0.15) is 0 Å². The van der Waals surface area contributed by atoms with Crippen molar-refractivity contribution in [3.8, 4) is 34.5 Å². The van der Waals surface area contributed by atoms with Crippen molar-refractivity contribution >= 4 is 150 Å². The quantitative estimate of drug-likeness (QED) is 0.0515. The average molecular weight is 2510 g/mol. The summed E-state index contributed by atoms with van der Waals surface area (Å²) >= 11 is 9.54. The van der Waals surface area contributed by atoms with Crippen molar-refractivity contribution in [3.05, 3.63) is 172 Å². The van der Waals surface area contributed by atoms with E-state index in [1.807, 2.05) is 11.8 Å². The molecule has 21 atom stereocenters. The van der Waals surface area contributed by atoms with Crippen LogP contribution in [0.4, 0.5) is 13.2 Å². The van der Waals surface area contributed by atoms with Crippen LogP contribution in [0.25, 0.3) is 0 Å². The van der Waals surface area contributed by atoms with Crippen LogP contribution in [0.1, 0.15) is 227 Å². The van der Waals surface area contributed by atoms with Gasteiger partial charge >= 0.3 is 50.5 Å². The number of Topliss-reactive ketones (excluding diaryl/α,β-unsaturated/α-hetero) is 3. The van der Waals surface area contributed by atoms with E-state index in [4.69, 9.17) is 57.8 Å². The number of morpholine rings is 2. The molecule has 710 valence electrons. The number of halogens is 9. The van der Waals surface area contributed by atoms with E-state index in [0.717, 1.165) is 25.1 Å². The van der Waals surface area contributed by atoms with Crippen molar-refractivity contribution in [3.63, 3.8) is 0 Å². The number of carbonyl (C=O) groups excluding carboxylic acids is 9. The van der Waals surface area contributed by atoms with Crippen LogP contribution >= 0.6 is 98.4 Å². The van der Waals surface area contributed by atoms with Crippen molar-refractivity contribution in [1.82, 2.24) is 9.80 Å². The number of ketones is 9. The van der Waals surface area contributed by atoms with E-state index in [1.165, 1.54) is 64.5 Å². The van der Waals surface area contributed by atoms with Crippen molar-refractivity contribution in [2.75, 3.05) is 47.1 Å². The Hall–Kier alpha value is -5.44. The number of benzene rings is 6. The molecule has 18 rings (SSSR count). The second-order valence-corrected chi connectivity index (χ2v) is 50.1. The topological polar surface area (TPSA) is 510 Å². The Labute approximate surface area is 816 Å². The first-order chi connectivity index (χ1) is 61.6. The molecule has 6 aliphatic heterocycles. The van der Waals surface area contributed by atoms with E-state index < -0.39 is 289 Å². The number of aliphatic hydroxyl groups is 5. The van der Waals surface area contributed by atoms with Crippen LogP contribution in [0, 0.1) is 17.5 Å². The predicted octanol–water partition coefficient (Wildman–Crippen LogP) is 5.70. The minimum atomic E-state index is -2.06. The molecule has 131 heavy (non-hydrogen) atoms. The molecule has 13 N–H and O–H groups in total. The molecule has 34 nitrogen and oxygen atoms in total. The van der Waals surface area contributed by atoms with E-state index in [2.05, 4.69) is 79.4 Å². The normalized spacial score (nSPS) is 31.3. The first-order valence-electron chi connectivity index (χ1n) is 41.2. The molecule has 6 saturated heterocycles. The zero-order valence-electron chi connectivity index (χ0n) is 71.0. The van der Waals surface area contributed by atoms with Gasteiger partial charge in [0.2, 0.25) is 17.3 Å². The fraction of sp³-hybridized carbons (Fsp3) is 0.489. The summed E-state index contributed by atoms with van der Waals surface area (Å²) in [6.45, 7) is 10.8. The van der Waals surface area contributed by atoms with Crippen molar-refractivity contribution in [1.29, 1.82) is 0 Å². The summed E-state index contributed by atoms with van der Waals surface area (Å²) in [6, 6.07) is 9.19. The molecule has 6 aromatic rings. The van der Waals surface area contributed by atoms with Crippen LogP contribution in [-0.4, -0.2) is 274 Å². The number of aliphatic hydroxyl groups excluding tert-OH is 2. The van der Waals surface area contributed by atoms with Crippen LogP contribution in [0.3, 0.4) is 0 Å². The molecular weight excluding hydrogens is 2410 g/mol. The van der Waals surface area contributed by atoms with Crippen LogP contribution in [0.5, 0.6) is 34.5 Å². The number of nitrogens with two attached hydrogens (primary N) is 1. The average Bonchev–Trinajstić information content (AvgIpc) is 1.49. The molecule has 12 aliphatic rings. The summed E-state index contributed by atoms with van der Waals surface area (Å²) in [4.78, 5) is 122. The van der Waals surface area contributed by atoms with E-state index >= 15 is 0 Å². The maximum absolute atomic E-state index is 14.8. The standard InChI is InChI=1S/C31H32FNO11.C31H34FNO11.C26H26FNO9.I3.I2.HI/c1-12-28-17(33-7-8-41-30(40-3)29(33)44-28)9-19(42-12)43-18-11-31(39,13(2)34)10-15-21(18)27(38)23-22(25(15)36)24(35)14-5-4-6-16(32)20(14)26(23)37;1-13-26(35)18(33-7-8-42-21(12-33)41-3)9-20(43-13)44-19-11-31(40,14(2)34)10-16-23(19)30(39)25-24(28(16)37)27(36)15-5-4-6-17(32)22(15)29(25)38;1-9-21(30)14(28)6-16(36-9)37-15-8-26(35,10(2)29)7-12-18(15)25(34)20-19(23(12)32)22(31)11-4-3-5-13(27)17(11)24(20)33;1-3-2;1-2;/h4-6,12,17-19,28-30,36,38-39H,7-11H2,1-3H3;4-6,13,18-21,26,35,37,39-40H,7-12H2,1-3H3;3-5,9,14-16,21,30,32,34-35H,6-8,28H2,1-2H3;;;1H/q;;;-1;;/t12-,17-,18-,19-,28+,29+,30-,31-;13-,18-,19-,20-,21-,26+,31-;9-,14-,15-,16-,21+,26-;;;/m000.../s1. The number of phenols is 6. The van der Waals surface area contributed by atoms with Gasteiger partial charge in [-0.25, -0.2) is 13.2 Å². The third-order valence-corrected chi connectivity index (χ3v) is 26.5. The number of fused-ring (bicyclic) bond motifs is 12. The van der Waals surface area contributed by atoms with Crippen LogP contribution in [0.2, 0.25) is 0 Å². The second kappa shape index (κ2) is 40.9. The third kappa shape index (κ3) is 18.7. The third-order valence-electron chi connectivity index (χ3n) is 26.5. The summed E-state index contributed by atoms with van der Waals surface area (Å²) in [5, 5.41) is 124. The number of phenolic OH excluding ortho intramolecular Hbond substituents is 6. The van der Waals surface area contributed by atoms with E-state index in [-0.39, 0.29) is 118 Å². The van der Waals surface area contributed by atoms with Gasteiger partial charge in [-0.3, -0.25) is 53.0 Å². The summed E-state index contributed by atoms with van der Waals surface area (Å²) in [7, 11) is 3.06. The van der Waals surface area contributed by atoms with Gasteiger partial charge in [0, 0.05) is 197 Å². The van der Waals surface area contributed by atoms with Gasteiger partial charge in [0.1, 0.15) is 74.9 Å². The number of hydrogen-bond donors (Lipinski definition) is 12. The van der Waals surface area contributed by atoms with Gasteiger partial charge in [-0.05, 0) is 59.7 Å². The second-order valence-electron chi connectivity index (χ2n) is 33.8. The molecule has 6 aliphatic carbocycles. The Kier molecular flexibility index (Phi) is 32.2. The Bertz CT molecular complexity index is 5410. The van der Waals surface area contributed by atoms with E-state index in [9.17, 15) is 112 Å². The monoisotopic (exact) mass is 2510 g/mol. The first kappa shape index (κ1) is 103. The van der Waals surface area contributed by atoms with Crippen LogP contribution in [-0.2, 0) is 85.8 Å². The summed E-state index contributed by atoms with van der Waals surface area (Å²) < 4.78 is 109. The zero-order chi connectivity index (χ0) is 94.6. The Morgan fingerprint density at radius 1 is 0.473 bits per heavy atom. The molecular formula is C88H93F3I6N3O31-. The molecule has 0 amide bonds. The van der Waals surface area contributed by atoms with Crippen LogP contribution < -0.4 is 19.0 Å². The van der Waals surface area contributed by atoms with E-state index in [0.29, 0.717) is 52.5 Å². The van der Waals surface area contributed by atoms with Gasteiger partial charge in [0.05, 0.1) is 112 Å². The molecule has 0 spiro atoms. The van der Waals surface area contributed by atoms with Gasteiger partial charge in [-0.15, -0.1) is 24.0 Å². The Morgan fingerprint density at radius 3 is 1.18 bits per heavy atom. The SMILES string of the molecule is CC(=O)[C@]1(O)Cc2c(O)c3c(c(O)c2[C@@H](O[C@H]2C[C@H](N)[C@H](O)[C@H](C)O2)C1)C(=O)c1c(F)cccc1C3=O.CO[C@@H]1CN([C@H]2C[C@H](O[C@H]3C[C@](O)(C(C)=O)Cc4c(O)c5c(c(O)c43)C(=O)c3c(F)cccc3C5=O)O[C@@H](C)[C@H]2O)CCO1.CO[C@H]1OCCN2[C@@H]1O[C@@H]1[C@H](C)O[C@@H](O[C@H]3C[C@](O)(C(C)=O)Cc4c(O)c5c(c(O)c43)C(=O)c3c(F)cccc3C5=O)C[C@@H]12.I.II.I[I-]I. The van der Waals surface area contributed by atoms with E-state index in [1.54, 1.807) is 13.8 Å². The summed E-state index contributed by atoms with van der Waals surface area (Å²) in [6.07, 6.45) is -14.4. The molecule has 6 fully saturated rings. The molecule has 0 saturated carbocycles. The van der Waals surface area contributed by atoms with Gasteiger partial charge < -0.3 is 114 Å². The number of rotatable bonds is 12. The maximum atomic E-state index is 14.8. The minimum absolute atomic E-state index is 0. The number of methoxy groups -OCH3 is 2. The van der Waals surface area contributed by atoms with Gasteiger partial charge in [0.25, 0.3) is 0 Å². The number of ether oxygens (including phenoxy) is 11. The predicted molar refractivity (Wildman–Crippen MR) is 489 cm³/mol. The molecule has 6 aromatic carbocycles. The number of hydrogen-bond acceptors (Lipinski definition) is 34. The molecule has 0 unspecified atom stereocenters. The molecule has 6 heterocycles. The zero-order valence-corrected chi connectivity index (χ0v) is 84.1. The summed E-state index contributed by atoms with van der Waals surface area (Å²) in [5.41, 5.74) is -6.62. The van der Waals surface area contributed by atoms with Crippen molar-refractivity contribution in [2.24, 2.45) is 5.73 Å². The molecule has 43 heteroatoms. The summed E-state index contributed by atoms with van der Waals surface area (Å²) in [5.74, 6) is -14.6. The number of carbonyl (C=O) groups is 9. The van der Waals surface area contributed by atoms with Crippen molar-refractivity contribution < 1.29 is 178 Å². The Balaban J connectivity index is 0.000000163. The molecule has 0 bridgehead atoms. The van der Waals surface area contributed by atoms with Crippen molar-refractivity contribution in [2.45, 2.75) is 227 Å². The number of nitrogens with zero attached hydrogens (tertiary/aromatic N) is 2. The molecule has 0 radical (unpaired) electrons.